The van der Waals surface area contributed by atoms with Crippen LogP contribution in [0.3, 0.4) is 0 Å². The molecule has 0 N–H and O–H groups in total. The van der Waals surface area contributed by atoms with Gasteiger partial charge in [0.15, 0.2) is 0 Å². The maximum Gasteiger partial charge on any atom is 0.330 e. The Bertz CT molecular complexity index is 733. The number of rotatable bonds is 2. The minimum absolute atomic E-state index is 0.989. The second-order valence-corrected chi connectivity index (χ2v) is 4.95. The number of nitrogens with zero attached hydrogens (tertiary/aromatic N) is 2. The molecule has 0 radical (unpaired) electrons. The van der Waals surface area contributed by atoms with E-state index in [0.29, 0.717) is 0 Å². The standard InChI is InChI=1S/C18H17N2/c1-14-9-10-16(15-7-4-3-5-8-15)13-17(14)18-19-11-6-12-20(18)2/h3-13H,1-2H3/q+1. The molecule has 0 unspecified atom stereocenters. The van der Waals surface area contributed by atoms with Crippen molar-refractivity contribution in [3.05, 3.63) is 72.6 Å². The van der Waals surface area contributed by atoms with Crippen molar-refractivity contribution < 1.29 is 4.57 Å². The van der Waals surface area contributed by atoms with Gasteiger partial charge in [-0.1, -0.05) is 42.5 Å². The van der Waals surface area contributed by atoms with Crippen LogP contribution in [0.2, 0.25) is 0 Å². The summed E-state index contributed by atoms with van der Waals surface area (Å²) in [4.78, 5) is 4.51. The van der Waals surface area contributed by atoms with Crippen LogP contribution in [0, 0.1) is 6.92 Å². The molecule has 2 nitrogen and oxygen atoms in total. The molecule has 0 aliphatic heterocycles. The second kappa shape index (κ2) is 5.25. The quantitative estimate of drug-likeness (QED) is 0.645. The van der Waals surface area contributed by atoms with Gasteiger partial charge >= 0.3 is 5.82 Å². The van der Waals surface area contributed by atoms with Crippen molar-refractivity contribution in [3.63, 3.8) is 0 Å². The number of aryl methyl sites for hydroxylation is 2. The van der Waals surface area contributed by atoms with E-state index in [1.165, 1.54) is 22.3 Å². The van der Waals surface area contributed by atoms with Crippen LogP contribution in [0.25, 0.3) is 22.5 Å². The van der Waals surface area contributed by atoms with Crippen LogP contribution >= 0.6 is 0 Å². The summed E-state index contributed by atoms with van der Waals surface area (Å²) in [5.41, 5.74) is 4.86. The van der Waals surface area contributed by atoms with E-state index < -0.39 is 0 Å². The van der Waals surface area contributed by atoms with Gasteiger partial charge in [0.05, 0.1) is 18.8 Å². The fourth-order valence-electron chi connectivity index (χ4n) is 2.38. The van der Waals surface area contributed by atoms with Crippen molar-refractivity contribution in [2.24, 2.45) is 7.05 Å². The zero-order valence-corrected chi connectivity index (χ0v) is 11.7. The number of hydrogen-bond acceptors (Lipinski definition) is 1. The Kier molecular flexibility index (Phi) is 3.30. The highest BCUT2D eigenvalue weighted by atomic mass is 15.0. The van der Waals surface area contributed by atoms with Gasteiger partial charge in [-0.15, -0.1) is 0 Å². The lowest BCUT2D eigenvalue weighted by Gasteiger charge is -2.07. The molecule has 1 heterocycles. The first-order valence-corrected chi connectivity index (χ1v) is 6.73. The van der Waals surface area contributed by atoms with E-state index in [1.54, 1.807) is 0 Å². The first kappa shape index (κ1) is 12.5. The minimum atomic E-state index is 0.989. The molecule has 0 aliphatic rings. The lowest BCUT2D eigenvalue weighted by atomic mass is 9.99. The maximum atomic E-state index is 4.51. The van der Waals surface area contributed by atoms with Gasteiger partial charge in [-0.05, 0) is 34.7 Å². The molecule has 20 heavy (non-hydrogen) atoms. The Labute approximate surface area is 119 Å². The fraction of sp³-hybridized carbons (Fsp3) is 0.111. The molecular weight excluding hydrogens is 244 g/mol. The van der Waals surface area contributed by atoms with Crippen LogP contribution in [-0.2, 0) is 7.05 Å². The zero-order valence-electron chi connectivity index (χ0n) is 11.7. The minimum Gasteiger partial charge on any atom is -0.233 e. The zero-order chi connectivity index (χ0) is 13.9. The Balaban J connectivity index is 2.15. The van der Waals surface area contributed by atoms with Crippen LogP contribution < -0.4 is 4.57 Å². The van der Waals surface area contributed by atoms with Gasteiger partial charge in [0.25, 0.3) is 0 Å². The lowest BCUT2D eigenvalue weighted by molar-refractivity contribution is -0.663. The van der Waals surface area contributed by atoms with Gasteiger partial charge in [-0.25, -0.2) is 4.57 Å². The molecule has 3 aromatic rings. The Morgan fingerprint density at radius 3 is 2.45 bits per heavy atom. The van der Waals surface area contributed by atoms with Crippen LogP contribution in [0.15, 0.2) is 67.0 Å². The fourth-order valence-corrected chi connectivity index (χ4v) is 2.38. The summed E-state index contributed by atoms with van der Waals surface area (Å²) in [6, 6.07) is 18.9. The predicted octanol–water partition coefficient (Wildman–Crippen LogP) is 3.55. The highest BCUT2D eigenvalue weighted by molar-refractivity contribution is 5.71. The molecule has 0 spiro atoms. The van der Waals surface area contributed by atoms with Crippen molar-refractivity contribution in [3.8, 4) is 22.5 Å². The molecular formula is C18H17N2+. The maximum absolute atomic E-state index is 4.51. The Morgan fingerprint density at radius 1 is 0.900 bits per heavy atom. The average molecular weight is 261 g/mol. The summed E-state index contributed by atoms with van der Waals surface area (Å²) < 4.78 is 2.05. The summed E-state index contributed by atoms with van der Waals surface area (Å²) in [7, 11) is 2.02. The van der Waals surface area contributed by atoms with Gasteiger partial charge in [-0.3, -0.25) is 0 Å². The van der Waals surface area contributed by atoms with Crippen LogP contribution in [0.5, 0.6) is 0 Å². The van der Waals surface area contributed by atoms with Crippen molar-refractivity contribution in [2.75, 3.05) is 0 Å². The topological polar surface area (TPSA) is 16.8 Å². The van der Waals surface area contributed by atoms with E-state index in [2.05, 4.69) is 58.9 Å². The third-order valence-electron chi connectivity index (χ3n) is 3.51. The third kappa shape index (κ3) is 2.32. The van der Waals surface area contributed by atoms with E-state index in [9.17, 15) is 0 Å². The summed E-state index contributed by atoms with van der Waals surface area (Å²) in [5.74, 6) is 0.989. The Hall–Kier alpha value is -2.48. The highest BCUT2D eigenvalue weighted by Crippen LogP contribution is 2.26. The molecule has 0 saturated carbocycles. The van der Waals surface area contributed by atoms with E-state index in [1.807, 2.05) is 31.6 Å². The first-order chi connectivity index (χ1) is 9.75. The van der Waals surface area contributed by atoms with Crippen molar-refractivity contribution >= 4 is 0 Å². The largest absolute Gasteiger partial charge is 0.330 e. The average Bonchev–Trinajstić information content (AvgIpc) is 2.49. The molecule has 0 bridgehead atoms. The second-order valence-electron chi connectivity index (χ2n) is 4.95. The molecule has 0 saturated heterocycles. The van der Waals surface area contributed by atoms with E-state index >= 15 is 0 Å². The summed E-state index contributed by atoms with van der Waals surface area (Å²) >= 11 is 0. The molecule has 0 atom stereocenters. The number of benzene rings is 2. The van der Waals surface area contributed by atoms with E-state index in [0.717, 1.165) is 5.82 Å². The first-order valence-electron chi connectivity index (χ1n) is 6.73. The SMILES string of the molecule is Cc1ccc(-c2ccccc2)cc1-c1nccc[n+]1C. The molecule has 3 rings (SSSR count). The van der Waals surface area contributed by atoms with Gasteiger partial charge < -0.3 is 0 Å². The molecule has 1 aromatic heterocycles. The summed E-state index contributed by atoms with van der Waals surface area (Å²) in [6.07, 6.45) is 3.86. The van der Waals surface area contributed by atoms with Crippen molar-refractivity contribution in [2.45, 2.75) is 6.92 Å². The third-order valence-corrected chi connectivity index (χ3v) is 3.51. The number of aromatic nitrogens is 2. The molecule has 98 valence electrons. The van der Waals surface area contributed by atoms with Gasteiger partial charge in [0.1, 0.15) is 6.20 Å². The molecule has 2 aromatic carbocycles. The van der Waals surface area contributed by atoms with Gasteiger partial charge in [0.2, 0.25) is 0 Å². The van der Waals surface area contributed by atoms with Crippen LogP contribution in [0.4, 0.5) is 0 Å². The van der Waals surface area contributed by atoms with Crippen molar-refractivity contribution in [1.82, 2.24) is 4.98 Å². The van der Waals surface area contributed by atoms with Crippen molar-refractivity contribution in [1.29, 1.82) is 0 Å². The molecule has 2 heteroatoms. The van der Waals surface area contributed by atoms with Gasteiger partial charge in [-0.2, -0.15) is 0 Å². The molecule has 0 aliphatic carbocycles. The smallest absolute Gasteiger partial charge is 0.233 e. The summed E-state index contributed by atoms with van der Waals surface area (Å²) in [6.45, 7) is 2.12. The molecule has 0 fully saturated rings. The van der Waals surface area contributed by atoms with Crippen LogP contribution in [0.1, 0.15) is 5.56 Å². The van der Waals surface area contributed by atoms with Crippen LogP contribution in [-0.4, -0.2) is 4.98 Å². The van der Waals surface area contributed by atoms with Gasteiger partial charge in [0, 0.05) is 6.07 Å². The van der Waals surface area contributed by atoms with E-state index in [4.69, 9.17) is 0 Å². The normalized spacial score (nSPS) is 10.5. The monoisotopic (exact) mass is 261 g/mol. The van der Waals surface area contributed by atoms with E-state index in [-0.39, 0.29) is 0 Å². The summed E-state index contributed by atoms with van der Waals surface area (Å²) in [5, 5.41) is 0. The lowest BCUT2D eigenvalue weighted by Crippen LogP contribution is -2.31. The molecule has 0 amide bonds. The Morgan fingerprint density at radius 2 is 1.70 bits per heavy atom. The predicted molar refractivity (Wildman–Crippen MR) is 81.0 cm³/mol. The number of hydrogen-bond donors (Lipinski definition) is 0. The highest BCUT2D eigenvalue weighted by Gasteiger charge is 2.14.